The minimum Gasteiger partial charge on any atom is -0.497 e. The van der Waals surface area contributed by atoms with Crippen LogP contribution in [0.5, 0.6) is 5.75 Å². The molecule has 0 unspecified atom stereocenters. The molecule has 0 fully saturated rings. The van der Waals surface area contributed by atoms with E-state index < -0.39 is 11.9 Å². The molecule has 0 bridgehead atoms. The van der Waals surface area contributed by atoms with Gasteiger partial charge in [-0.15, -0.1) is 0 Å². The second kappa shape index (κ2) is 7.78. The minimum absolute atomic E-state index is 0.0332. The molecule has 3 aromatic rings. The molecule has 6 heteroatoms. The highest BCUT2D eigenvalue weighted by atomic mass is 16.5. The van der Waals surface area contributed by atoms with Crippen molar-refractivity contribution in [2.45, 2.75) is 12.8 Å². The number of carbonyl (C=O) groups is 2. The van der Waals surface area contributed by atoms with Crippen molar-refractivity contribution in [3.05, 3.63) is 71.9 Å². The molecule has 3 N–H and O–H groups in total. The average Bonchev–Trinajstić information content (AvgIpc) is 3.10. The predicted molar refractivity (Wildman–Crippen MR) is 102 cm³/mol. The minimum atomic E-state index is -0.849. The number of carbonyl (C=O) groups excluding carboxylic acids is 1. The van der Waals surface area contributed by atoms with E-state index in [0.717, 1.165) is 28.4 Å². The van der Waals surface area contributed by atoms with E-state index in [0.29, 0.717) is 12.0 Å². The van der Waals surface area contributed by atoms with E-state index in [2.05, 4.69) is 0 Å². The van der Waals surface area contributed by atoms with Gasteiger partial charge < -0.3 is 20.1 Å². The number of primary amides is 1. The summed E-state index contributed by atoms with van der Waals surface area (Å²) < 4.78 is 7.21. The third-order valence-electron chi connectivity index (χ3n) is 4.35. The van der Waals surface area contributed by atoms with E-state index >= 15 is 0 Å². The molecule has 0 saturated heterocycles. The van der Waals surface area contributed by atoms with Crippen LogP contribution < -0.4 is 10.5 Å². The average molecular weight is 364 g/mol. The Morgan fingerprint density at radius 3 is 2.22 bits per heavy atom. The van der Waals surface area contributed by atoms with Crippen LogP contribution in [-0.4, -0.2) is 28.7 Å². The maximum atomic E-state index is 11.3. The van der Waals surface area contributed by atoms with Gasteiger partial charge in [-0.3, -0.25) is 9.59 Å². The van der Waals surface area contributed by atoms with Gasteiger partial charge in [0.2, 0.25) is 5.91 Å². The number of aliphatic carboxylic acids is 1. The summed E-state index contributed by atoms with van der Waals surface area (Å²) in [4.78, 5) is 22.3. The molecule has 138 valence electrons. The summed E-state index contributed by atoms with van der Waals surface area (Å²) in [7, 11) is 1.61. The number of rotatable bonds is 7. The summed E-state index contributed by atoms with van der Waals surface area (Å²) in [5.41, 5.74) is 9.33. The second-order valence-corrected chi connectivity index (χ2v) is 6.08. The summed E-state index contributed by atoms with van der Waals surface area (Å²) in [6.45, 7) is 0. The highest BCUT2D eigenvalue weighted by molar-refractivity contribution is 5.92. The Morgan fingerprint density at radius 2 is 1.67 bits per heavy atom. The topological polar surface area (TPSA) is 94.6 Å². The zero-order valence-electron chi connectivity index (χ0n) is 14.9. The molecule has 0 saturated carbocycles. The number of benzene rings is 2. The Hall–Kier alpha value is -3.54. The number of hydrogen-bond acceptors (Lipinski definition) is 3. The smallest absolute Gasteiger partial charge is 0.303 e. The molecule has 3 rings (SSSR count). The second-order valence-electron chi connectivity index (χ2n) is 6.08. The van der Waals surface area contributed by atoms with Crippen LogP contribution in [0.2, 0.25) is 0 Å². The van der Waals surface area contributed by atoms with Crippen molar-refractivity contribution < 1.29 is 19.4 Å². The van der Waals surface area contributed by atoms with E-state index in [-0.39, 0.29) is 6.42 Å². The molecule has 1 amide bonds. The first-order chi connectivity index (χ1) is 13.0. The molecule has 2 aromatic carbocycles. The fraction of sp³-hybridized carbons (Fsp3) is 0.143. The number of aryl methyl sites for hydroxylation is 1. The van der Waals surface area contributed by atoms with E-state index in [1.807, 2.05) is 41.0 Å². The molecule has 27 heavy (non-hydrogen) atoms. The first-order valence-corrected chi connectivity index (χ1v) is 8.46. The molecular weight excluding hydrogens is 344 g/mol. The Kier molecular flexibility index (Phi) is 5.26. The summed E-state index contributed by atoms with van der Waals surface area (Å²) in [6, 6.07) is 18.5. The first-order valence-electron chi connectivity index (χ1n) is 8.46. The van der Waals surface area contributed by atoms with Crippen molar-refractivity contribution in [2.75, 3.05) is 7.11 Å². The van der Waals surface area contributed by atoms with Gasteiger partial charge in [-0.1, -0.05) is 0 Å². The van der Waals surface area contributed by atoms with Crippen molar-refractivity contribution in [3.8, 4) is 22.7 Å². The molecular formula is C21H20N2O4. The third-order valence-corrected chi connectivity index (χ3v) is 4.35. The number of aromatic nitrogens is 1. The number of hydrogen-bond donors (Lipinski definition) is 2. The number of ether oxygens (including phenoxy) is 1. The third kappa shape index (κ3) is 4.00. The monoisotopic (exact) mass is 364 g/mol. The maximum absolute atomic E-state index is 11.3. The highest BCUT2D eigenvalue weighted by Crippen LogP contribution is 2.29. The fourth-order valence-corrected chi connectivity index (χ4v) is 2.98. The maximum Gasteiger partial charge on any atom is 0.303 e. The Balaban J connectivity index is 2.07. The van der Waals surface area contributed by atoms with Crippen molar-refractivity contribution in [2.24, 2.45) is 5.73 Å². The number of carboxylic acid groups (broad SMARTS) is 1. The van der Waals surface area contributed by atoms with Gasteiger partial charge in [0.05, 0.1) is 19.2 Å². The zero-order chi connectivity index (χ0) is 19.4. The number of nitrogens with two attached hydrogens (primary N) is 1. The van der Waals surface area contributed by atoms with Crippen molar-refractivity contribution in [1.82, 2.24) is 4.57 Å². The lowest BCUT2D eigenvalue weighted by atomic mass is 10.1. The first kappa shape index (κ1) is 18.3. The summed E-state index contributed by atoms with van der Waals surface area (Å²) in [5, 5.41) is 9.04. The summed E-state index contributed by atoms with van der Waals surface area (Å²) in [6.07, 6.45) is 0.425. The van der Waals surface area contributed by atoms with Crippen LogP contribution >= 0.6 is 0 Å². The van der Waals surface area contributed by atoms with E-state index in [1.54, 1.807) is 31.4 Å². The lowest BCUT2D eigenvalue weighted by Gasteiger charge is -2.14. The van der Waals surface area contributed by atoms with Crippen molar-refractivity contribution >= 4 is 11.9 Å². The van der Waals surface area contributed by atoms with Gasteiger partial charge in [0.1, 0.15) is 5.75 Å². The van der Waals surface area contributed by atoms with Crippen LogP contribution in [-0.2, 0) is 11.2 Å². The van der Waals surface area contributed by atoms with Gasteiger partial charge in [-0.05, 0) is 72.6 Å². The van der Waals surface area contributed by atoms with Crippen molar-refractivity contribution in [1.29, 1.82) is 0 Å². The number of carboxylic acids is 1. The van der Waals surface area contributed by atoms with Gasteiger partial charge in [0.25, 0.3) is 0 Å². The van der Waals surface area contributed by atoms with Gasteiger partial charge in [-0.25, -0.2) is 0 Å². The molecule has 0 aliphatic heterocycles. The number of amides is 1. The fourth-order valence-electron chi connectivity index (χ4n) is 2.98. The molecule has 0 atom stereocenters. The standard InChI is InChI=1S/C21H20N2O4/c1-27-18-10-4-14(5-11-18)19-12-8-17(9-13-20(24)25)23(19)16-6-2-15(3-7-16)21(22)26/h2-8,10-12H,9,13H2,1H3,(H2,22,26)(H,24,25). The zero-order valence-corrected chi connectivity index (χ0v) is 14.9. The quantitative estimate of drug-likeness (QED) is 0.673. The SMILES string of the molecule is COc1ccc(-c2ccc(CCC(=O)O)n2-c2ccc(C(N)=O)cc2)cc1. The predicted octanol–water partition coefficient (Wildman–Crippen LogP) is 3.27. The van der Waals surface area contributed by atoms with E-state index in [1.165, 1.54) is 0 Å². The highest BCUT2D eigenvalue weighted by Gasteiger charge is 2.14. The largest absolute Gasteiger partial charge is 0.497 e. The van der Waals surface area contributed by atoms with Crippen LogP contribution in [0.3, 0.4) is 0 Å². The lowest BCUT2D eigenvalue weighted by molar-refractivity contribution is -0.136. The van der Waals surface area contributed by atoms with Gasteiger partial charge in [-0.2, -0.15) is 0 Å². The van der Waals surface area contributed by atoms with E-state index in [4.69, 9.17) is 15.6 Å². The Bertz CT molecular complexity index is 957. The number of methoxy groups -OCH3 is 1. The normalized spacial score (nSPS) is 10.6. The molecule has 0 spiro atoms. The van der Waals surface area contributed by atoms with E-state index in [9.17, 15) is 9.59 Å². The van der Waals surface area contributed by atoms with Crippen LogP contribution in [0.15, 0.2) is 60.7 Å². The molecule has 1 aromatic heterocycles. The molecule has 0 radical (unpaired) electrons. The summed E-state index contributed by atoms with van der Waals surface area (Å²) >= 11 is 0. The Labute approximate surface area is 156 Å². The summed E-state index contributed by atoms with van der Waals surface area (Å²) in [5.74, 6) is -0.581. The van der Waals surface area contributed by atoms with Crippen LogP contribution in [0.1, 0.15) is 22.5 Å². The molecule has 6 nitrogen and oxygen atoms in total. The van der Waals surface area contributed by atoms with Crippen LogP contribution in [0.4, 0.5) is 0 Å². The van der Waals surface area contributed by atoms with Crippen LogP contribution in [0, 0.1) is 0 Å². The van der Waals surface area contributed by atoms with Gasteiger partial charge in [0.15, 0.2) is 0 Å². The van der Waals surface area contributed by atoms with Gasteiger partial charge in [0, 0.05) is 16.9 Å². The number of nitrogens with zero attached hydrogens (tertiary/aromatic N) is 1. The molecule has 1 heterocycles. The van der Waals surface area contributed by atoms with Crippen LogP contribution in [0.25, 0.3) is 16.9 Å². The Morgan fingerprint density at radius 1 is 1.00 bits per heavy atom. The molecule has 0 aliphatic rings. The molecule has 0 aliphatic carbocycles. The van der Waals surface area contributed by atoms with Gasteiger partial charge >= 0.3 is 5.97 Å². The van der Waals surface area contributed by atoms with Crippen molar-refractivity contribution in [3.63, 3.8) is 0 Å². The lowest BCUT2D eigenvalue weighted by Crippen LogP contribution is -2.11.